The molecule has 0 aliphatic carbocycles. The molecule has 0 aromatic heterocycles. The standard InChI is InChI=1S/C36H49ClGe/c1-20(2)26-16-30(22(5)6)34(31(17-26)23(7)8)28-14-13-15-29(36(28)38-37)35-32(24(9)10)18-27(21(3)4)19-33(35)25(11)12/h13-25H,1-12H3. The van der Waals surface area contributed by atoms with Crippen molar-refractivity contribution < 1.29 is 0 Å². The van der Waals surface area contributed by atoms with Gasteiger partial charge < -0.3 is 0 Å². The summed E-state index contributed by atoms with van der Waals surface area (Å²) >= 11 is -0.846. The molecule has 0 nitrogen and oxygen atoms in total. The molecule has 0 aliphatic rings. The maximum absolute atomic E-state index is 7.05. The Hall–Kier alpha value is -1.51. The van der Waals surface area contributed by atoms with E-state index in [0.29, 0.717) is 35.5 Å². The summed E-state index contributed by atoms with van der Waals surface area (Å²) in [4.78, 5) is 0. The van der Waals surface area contributed by atoms with Crippen molar-refractivity contribution in [2.75, 3.05) is 0 Å². The van der Waals surface area contributed by atoms with Gasteiger partial charge in [0.2, 0.25) is 0 Å². The molecule has 0 spiro atoms. The molecule has 3 aromatic rings. The second-order valence-electron chi connectivity index (χ2n) is 12.9. The number of hydrogen-bond acceptors (Lipinski definition) is 0. The van der Waals surface area contributed by atoms with E-state index in [2.05, 4.69) is 126 Å². The summed E-state index contributed by atoms with van der Waals surface area (Å²) in [5.41, 5.74) is 14.3. The second kappa shape index (κ2) is 12.8. The molecule has 3 rings (SSSR count). The van der Waals surface area contributed by atoms with E-state index in [1.165, 1.54) is 60.0 Å². The SMILES string of the molecule is CC(C)c1cc(C(C)C)c(-c2cccc(-c3c(C(C)C)cc(C(C)C)cc3C(C)C)[c]2[Ge][Cl])c(C(C)C)c1. The van der Waals surface area contributed by atoms with Crippen LogP contribution in [0.2, 0.25) is 0 Å². The number of hydrogen-bond donors (Lipinski definition) is 0. The van der Waals surface area contributed by atoms with Gasteiger partial charge in [-0.1, -0.05) is 0 Å². The normalized spacial score (nSPS) is 12.3. The third-order valence-electron chi connectivity index (χ3n) is 7.96. The molecule has 2 heteroatoms. The molecule has 0 unspecified atom stereocenters. The molecule has 38 heavy (non-hydrogen) atoms. The van der Waals surface area contributed by atoms with Gasteiger partial charge in [0, 0.05) is 0 Å². The molecule has 0 fully saturated rings. The molecule has 0 amide bonds. The summed E-state index contributed by atoms with van der Waals surface area (Å²) in [6, 6.07) is 16.9. The summed E-state index contributed by atoms with van der Waals surface area (Å²) in [6.45, 7) is 27.9. The van der Waals surface area contributed by atoms with Crippen molar-refractivity contribution in [2.45, 2.75) is 119 Å². The fraction of sp³-hybridized carbons (Fsp3) is 0.500. The van der Waals surface area contributed by atoms with Crippen LogP contribution in [0, 0.1) is 0 Å². The summed E-state index contributed by atoms with van der Waals surface area (Å²) in [5.74, 6) is 2.78. The second-order valence-corrected chi connectivity index (χ2v) is 15.3. The van der Waals surface area contributed by atoms with Gasteiger partial charge in [0.1, 0.15) is 0 Å². The summed E-state index contributed by atoms with van der Waals surface area (Å²) < 4.78 is 1.39. The van der Waals surface area contributed by atoms with Crippen LogP contribution in [0.1, 0.15) is 152 Å². The minimum absolute atomic E-state index is 0.441. The molecule has 0 aliphatic heterocycles. The predicted molar refractivity (Wildman–Crippen MR) is 173 cm³/mol. The van der Waals surface area contributed by atoms with E-state index in [-0.39, 0.29) is 0 Å². The fourth-order valence-corrected chi connectivity index (χ4v) is 7.96. The minimum atomic E-state index is -0.846. The van der Waals surface area contributed by atoms with Crippen LogP contribution in [0.5, 0.6) is 0 Å². The predicted octanol–water partition coefficient (Wildman–Crippen LogP) is 11.2. The Morgan fingerprint density at radius 2 is 0.763 bits per heavy atom. The molecule has 3 aromatic carbocycles. The Morgan fingerprint density at radius 1 is 0.474 bits per heavy atom. The van der Waals surface area contributed by atoms with Crippen LogP contribution < -0.4 is 4.40 Å². The Balaban J connectivity index is 2.49. The van der Waals surface area contributed by atoms with Crippen molar-refractivity contribution in [3.8, 4) is 22.3 Å². The third kappa shape index (κ3) is 6.28. The first-order chi connectivity index (χ1) is 17.8. The van der Waals surface area contributed by atoms with Crippen molar-refractivity contribution in [1.82, 2.24) is 0 Å². The third-order valence-corrected chi connectivity index (χ3v) is 10.5. The van der Waals surface area contributed by atoms with Crippen LogP contribution in [-0.2, 0) is 0 Å². The van der Waals surface area contributed by atoms with Gasteiger partial charge in [-0.05, 0) is 0 Å². The van der Waals surface area contributed by atoms with Gasteiger partial charge in [-0.2, -0.15) is 0 Å². The molecule has 0 heterocycles. The van der Waals surface area contributed by atoms with Gasteiger partial charge in [0.15, 0.2) is 0 Å². The van der Waals surface area contributed by atoms with Crippen LogP contribution in [0.15, 0.2) is 42.5 Å². The van der Waals surface area contributed by atoms with Crippen LogP contribution in [0.3, 0.4) is 0 Å². The fourth-order valence-electron chi connectivity index (χ4n) is 5.60. The summed E-state index contributed by atoms with van der Waals surface area (Å²) in [6.07, 6.45) is 0. The van der Waals surface area contributed by atoms with Gasteiger partial charge in [0.25, 0.3) is 0 Å². The number of halogens is 1. The van der Waals surface area contributed by atoms with E-state index >= 15 is 0 Å². The molecule has 0 N–H and O–H groups in total. The van der Waals surface area contributed by atoms with Gasteiger partial charge >= 0.3 is 246 Å². The van der Waals surface area contributed by atoms with Crippen molar-refractivity contribution in [1.29, 1.82) is 0 Å². The molecular weight excluding hydrogens is 540 g/mol. The quantitative estimate of drug-likeness (QED) is 0.218. The number of rotatable bonds is 9. The first-order valence-corrected chi connectivity index (χ1v) is 18.5. The number of benzene rings is 3. The van der Waals surface area contributed by atoms with E-state index in [0.717, 1.165) is 0 Å². The molecule has 0 saturated carbocycles. The van der Waals surface area contributed by atoms with E-state index in [1.807, 2.05) is 0 Å². The zero-order valence-electron chi connectivity index (χ0n) is 25.9. The summed E-state index contributed by atoms with van der Waals surface area (Å²) in [7, 11) is 7.05. The van der Waals surface area contributed by atoms with Crippen molar-refractivity contribution in [3.05, 3.63) is 75.8 Å². The molecule has 204 valence electrons. The molecular formula is C36H49ClGe. The Bertz CT molecular complexity index is 1110. The molecule has 0 atom stereocenters. The van der Waals surface area contributed by atoms with E-state index in [4.69, 9.17) is 10.0 Å². The van der Waals surface area contributed by atoms with E-state index < -0.39 is 14.5 Å². The Morgan fingerprint density at radius 3 is 0.974 bits per heavy atom. The van der Waals surface area contributed by atoms with Gasteiger partial charge in [0.05, 0.1) is 0 Å². The van der Waals surface area contributed by atoms with Crippen LogP contribution in [0.4, 0.5) is 0 Å². The van der Waals surface area contributed by atoms with Crippen LogP contribution in [0.25, 0.3) is 22.3 Å². The van der Waals surface area contributed by atoms with Gasteiger partial charge in [-0.3, -0.25) is 0 Å². The topological polar surface area (TPSA) is 0 Å². The average molecular weight is 590 g/mol. The van der Waals surface area contributed by atoms with Crippen molar-refractivity contribution >= 4 is 28.9 Å². The van der Waals surface area contributed by atoms with Crippen molar-refractivity contribution in [2.24, 2.45) is 0 Å². The average Bonchev–Trinajstić information content (AvgIpc) is 2.86. The first kappa shape index (κ1) is 31.0. The Labute approximate surface area is 244 Å². The van der Waals surface area contributed by atoms with E-state index in [9.17, 15) is 0 Å². The first-order valence-electron chi connectivity index (χ1n) is 14.7. The zero-order valence-corrected chi connectivity index (χ0v) is 28.7. The zero-order chi connectivity index (χ0) is 28.5. The van der Waals surface area contributed by atoms with Crippen LogP contribution >= 0.6 is 10.0 Å². The summed E-state index contributed by atoms with van der Waals surface area (Å²) in [5, 5.41) is 0. The monoisotopic (exact) mass is 590 g/mol. The van der Waals surface area contributed by atoms with Gasteiger partial charge in [-0.15, -0.1) is 0 Å². The van der Waals surface area contributed by atoms with Crippen LogP contribution in [-0.4, -0.2) is 14.5 Å². The molecule has 2 radical (unpaired) electrons. The Kier molecular flexibility index (Phi) is 10.4. The van der Waals surface area contributed by atoms with E-state index in [1.54, 1.807) is 0 Å². The molecule has 0 saturated heterocycles. The van der Waals surface area contributed by atoms with Crippen molar-refractivity contribution in [3.63, 3.8) is 0 Å². The maximum atomic E-state index is 7.05. The van der Waals surface area contributed by atoms with Gasteiger partial charge in [-0.25, -0.2) is 0 Å². The molecule has 0 bridgehead atoms.